The van der Waals surface area contributed by atoms with Gasteiger partial charge in [0.15, 0.2) is 5.11 Å². The summed E-state index contributed by atoms with van der Waals surface area (Å²) in [6.45, 7) is 4.79. The molecular formula is C18H19FN2O2S. The van der Waals surface area contributed by atoms with Crippen LogP contribution in [0.3, 0.4) is 0 Å². The Kier molecular flexibility index (Phi) is 6.26. The first-order chi connectivity index (χ1) is 11.5. The highest BCUT2D eigenvalue weighted by Gasteiger charge is 2.12. The third kappa shape index (κ3) is 5.31. The third-order valence-electron chi connectivity index (χ3n) is 3.04. The monoisotopic (exact) mass is 346 g/mol. The van der Waals surface area contributed by atoms with Crippen LogP contribution in [0.15, 0.2) is 48.5 Å². The Morgan fingerprint density at radius 3 is 2.46 bits per heavy atom. The van der Waals surface area contributed by atoms with Crippen molar-refractivity contribution in [3.05, 3.63) is 59.9 Å². The molecular weight excluding hydrogens is 327 g/mol. The molecule has 0 spiro atoms. The molecule has 2 aromatic rings. The van der Waals surface area contributed by atoms with Crippen LogP contribution in [0.5, 0.6) is 5.75 Å². The van der Waals surface area contributed by atoms with Gasteiger partial charge in [-0.25, -0.2) is 4.39 Å². The number of rotatable bonds is 5. The fourth-order valence-electron chi connectivity index (χ4n) is 1.88. The molecule has 2 aromatic carbocycles. The Labute approximate surface area is 146 Å². The van der Waals surface area contributed by atoms with Crippen LogP contribution in [0, 0.1) is 11.7 Å². The normalized spacial score (nSPS) is 10.3. The zero-order valence-electron chi connectivity index (χ0n) is 13.5. The molecule has 2 N–H and O–H groups in total. The van der Waals surface area contributed by atoms with E-state index in [4.69, 9.17) is 17.0 Å². The van der Waals surface area contributed by atoms with Gasteiger partial charge in [0.2, 0.25) is 0 Å². The number of anilines is 1. The van der Waals surface area contributed by atoms with Crippen LogP contribution in [-0.4, -0.2) is 17.6 Å². The Morgan fingerprint density at radius 1 is 1.17 bits per heavy atom. The number of nitrogens with one attached hydrogen (secondary N) is 2. The van der Waals surface area contributed by atoms with Crippen LogP contribution >= 0.6 is 12.2 Å². The summed E-state index contributed by atoms with van der Waals surface area (Å²) >= 11 is 5.08. The third-order valence-corrected chi connectivity index (χ3v) is 3.25. The van der Waals surface area contributed by atoms with E-state index in [0.717, 1.165) is 5.75 Å². The summed E-state index contributed by atoms with van der Waals surface area (Å²) in [5.41, 5.74) is 0.643. The topological polar surface area (TPSA) is 50.4 Å². The second kappa shape index (κ2) is 8.40. The highest BCUT2D eigenvalue weighted by atomic mass is 32.1. The van der Waals surface area contributed by atoms with Gasteiger partial charge in [0, 0.05) is 5.69 Å². The molecule has 4 nitrogen and oxygen atoms in total. The predicted octanol–water partition coefficient (Wildman–Crippen LogP) is 3.99. The summed E-state index contributed by atoms with van der Waals surface area (Å²) < 4.78 is 19.1. The molecule has 0 aliphatic rings. The van der Waals surface area contributed by atoms with E-state index in [2.05, 4.69) is 24.5 Å². The first-order valence-corrected chi connectivity index (χ1v) is 7.96. The zero-order valence-corrected chi connectivity index (χ0v) is 14.3. The molecule has 0 saturated carbocycles. The standard InChI is InChI=1S/C18H19FN2O2S/c1-12(2)11-23-14-9-7-13(8-10-14)20-18(24)21-17(22)15-5-3-4-6-16(15)19/h3-10,12H,11H2,1-2H3,(H2,20,21,22,24). The largest absolute Gasteiger partial charge is 0.493 e. The SMILES string of the molecule is CC(C)COc1ccc(NC(=S)NC(=O)c2ccccc2F)cc1. The highest BCUT2D eigenvalue weighted by Crippen LogP contribution is 2.16. The van der Waals surface area contributed by atoms with Crippen molar-refractivity contribution in [2.75, 3.05) is 11.9 Å². The van der Waals surface area contributed by atoms with Crippen molar-refractivity contribution >= 4 is 28.9 Å². The molecule has 6 heteroatoms. The van der Waals surface area contributed by atoms with Crippen molar-refractivity contribution in [2.24, 2.45) is 5.92 Å². The summed E-state index contributed by atoms with van der Waals surface area (Å²) in [6.07, 6.45) is 0. The van der Waals surface area contributed by atoms with Gasteiger partial charge in [-0.15, -0.1) is 0 Å². The van der Waals surface area contributed by atoms with Crippen molar-refractivity contribution in [2.45, 2.75) is 13.8 Å². The number of amides is 1. The van der Waals surface area contributed by atoms with E-state index in [1.807, 2.05) is 12.1 Å². The minimum absolute atomic E-state index is 0.0564. The van der Waals surface area contributed by atoms with Gasteiger partial charge >= 0.3 is 0 Å². The number of carbonyl (C=O) groups is 1. The maximum Gasteiger partial charge on any atom is 0.260 e. The minimum Gasteiger partial charge on any atom is -0.493 e. The van der Waals surface area contributed by atoms with Crippen molar-refractivity contribution in [3.8, 4) is 5.75 Å². The molecule has 0 aliphatic carbocycles. The Bertz CT molecular complexity index is 717. The van der Waals surface area contributed by atoms with E-state index < -0.39 is 11.7 Å². The van der Waals surface area contributed by atoms with Crippen molar-refractivity contribution < 1.29 is 13.9 Å². The van der Waals surface area contributed by atoms with Crippen LogP contribution in [0.25, 0.3) is 0 Å². The molecule has 0 heterocycles. The summed E-state index contributed by atoms with van der Waals surface area (Å²) in [5.74, 6) is 0.0199. The fraction of sp³-hybridized carbons (Fsp3) is 0.222. The summed E-state index contributed by atoms with van der Waals surface area (Å²) in [6, 6.07) is 12.9. The molecule has 0 unspecified atom stereocenters. The summed E-state index contributed by atoms with van der Waals surface area (Å²) in [4.78, 5) is 12.0. The van der Waals surface area contributed by atoms with Crippen molar-refractivity contribution in [1.82, 2.24) is 5.32 Å². The van der Waals surface area contributed by atoms with Crippen LogP contribution < -0.4 is 15.4 Å². The molecule has 126 valence electrons. The van der Waals surface area contributed by atoms with Crippen LogP contribution in [0.4, 0.5) is 10.1 Å². The Hall–Kier alpha value is -2.47. The van der Waals surface area contributed by atoms with E-state index in [0.29, 0.717) is 18.2 Å². The Balaban J connectivity index is 1.90. The number of hydrogen-bond donors (Lipinski definition) is 2. The smallest absolute Gasteiger partial charge is 0.260 e. The van der Waals surface area contributed by atoms with Crippen LogP contribution in [0.2, 0.25) is 0 Å². The van der Waals surface area contributed by atoms with Crippen LogP contribution in [-0.2, 0) is 0 Å². The van der Waals surface area contributed by atoms with E-state index in [9.17, 15) is 9.18 Å². The van der Waals surface area contributed by atoms with E-state index in [1.165, 1.54) is 18.2 Å². The van der Waals surface area contributed by atoms with Gasteiger partial charge in [0.25, 0.3) is 5.91 Å². The Morgan fingerprint density at radius 2 is 1.83 bits per heavy atom. The van der Waals surface area contributed by atoms with E-state index in [-0.39, 0.29) is 10.7 Å². The average molecular weight is 346 g/mol. The number of halogens is 1. The van der Waals surface area contributed by atoms with Gasteiger partial charge in [0.05, 0.1) is 12.2 Å². The molecule has 24 heavy (non-hydrogen) atoms. The lowest BCUT2D eigenvalue weighted by Crippen LogP contribution is -2.34. The molecule has 1 amide bonds. The molecule has 0 bridgehead atoms. The molecule has 0 atom stereocenters. The molecule has 0 aromatic heterocycles. The quantitative estimate of drug-likeness (QED) is 0.804. The van der Waals surface area contributed by atoms with Crippen LogP contribution in [0.1, 0.15) is 24.2 Å². The number of carbonyl (C=O) groups excluding carboxylic acids is 1. The van der Waals surface area contributed by atoms with E-state index in [1.54, 1.807) is 18.2 Å². The van der Waals surface area contributed by atoms with Gasteiger partial charge in [-0.2, -0.15) is 0 Å². The summed E-state index contributed by atoms with van der Waals surface area (Å²) in [7, 11) is 0. The number of hydrogen-bond acceptors (Lipinski definition) is 3. The van der Waals surface area contributed by atoms with E-state index >= 15 is 0 Å². The van der Waals surface area contributed by atoms with Crippen molar-refractivity contribution in [1.29, 1.82) is 0 Å². The van der Waals surface area contributed by atoms with Gasteiger partial charge in [-0.05, 0) is 54.5 Å². The number of thiocarbonyl (C=S) groups is 1. The van der Waals surface area contributed by atoms with Gasteiger partial charge in [-0.1, -0.05) is 26.0 Å². The maximum absolute atomic E-state index is 13.6. The van der Waals surface area contributed by atoms with Crippen molar-refractivity contribution in [3.63, 3.8) is 0 Å². The second-order valence-corrected chi connectivity index (χ2v) is 6.03. The summed E-state index contributed by atoms with van der Waals surface area (Å²) in [5, 5.41) is 5.42. The lowest BCUT2D eigenvalue weighted by molar-refractivity contribution is 0.0974. The number of benzene rings is 2. The zero-order chi connectivity index (χ0) is 17.5. The molecule has 0 saturated heterocycles. The maximum atomic E-state index is 13.6. The molecule has 2 rings (SSSR count). The molecule has 0 aliphatic heterocycles. The first kappa shape index (κ1) is 17.9. The lowest BCUT2D eigenvalue weighted by atomic mass is 10.2. The fourth-order valence-corrected chi connectivity index (χ4v) is 2.09. The lowest BCUT2D eigenvalue weighted by Gasteiger charge is -2.12. The minimum atomic E-state index is -0.595. The highest BCUT2D eigenvalue weighted by molar-refractivity contribution is 7.80. The molecule has 0 radical (unpaired) electrons. The molecule has 0 fully saturated rings. The first-order valence-electron chi connectivity index (χ1n) is 7.55. The average Bonchev–Trinajstić information content (AvgIpc) is 2.54. The second-order valence-electron chi connectivity index (χ2n) is 5.62. The predicted molar refractivity (Wildman–Crippen MR) is 96.9 cm³/mol. The van der Waals surface area contributed by atoms with Gasteiger partial charge < -0.3 is 10.1 Å². The number of ether oxygens (including phenoxy) is 1. The van der Waals surface area contributed by atoms with Gasteiger partial charge in [-0.3, -0.25) is 10.1 Å². The van der Waals surface area contributed by atoms with Gasteiger partial charge in [0.1, 0.15) is 11.6 Å².